The third-order valence-electron chi connectivity index (χ3n) is 3.42. The fourth-order valence-corrected chi connectivity index (χ4v) is 2.90. The molecule has 1 aromatic rings. The first-order valence-electron chi connectivity index (χ1n) is 6.01. The van der Waals surface area contributed by atoms with E-state index < -0.39 is 0 Å². The molecule has 4 heteroatoms. The van der Waals surface area contributed by atoms with Crippen molar-refractivity contribution in [1.29, 1.82) is 0 Å². The highest BCUT2D eigenvalue weighted by Gasteiger charge is 2.23. The van der Waals surface area contributed by atoms with E-state index in [9.17, 15) is 0 Å². The van der Waals surface area contributed by atoms with Crippen molar-refractivity contribution < 1.29 is 4.74 Å². The molecule has 0 aliphatic carbocycles. The van der Waals surface area contributed by atoms with Crippen LogP contribution in [-0.4, -0.2) is 18.2 Å². The van der Waals surface area contributed by atoms with Crippen LogP contribution in [0.3, 0.4) is 0 Å². The summed E-state index contributed by atoms with van der Waals surface area (Å²) >= 11 is 1.73. The van der Waals surface area contributed by atoms with Gasteiger partial charge in [-0.15, -0.1) is 11.3 Å². The lowest BCUT2D eigenvalue weighted by molar-refractivity contribution is 0.194. The lowest BCUT2D eigenvalue weighted by atomic mass is 9.98. The summed E-state index contributed by atoms with van der Waals surface area (Å²) in [5.41, 5.74) is 7.23. The second-order valence-electron chi connectivity index (χ2n) is 4.58. The Bertz CT molecular complexity index is 334. The molecule has 0 saturated carbocycles. The maximum Gasteiger partial charge on any atom is 0.0983 e. The molecule has 3 nitrogen and oxygen atoms in total. The quantitative estimate of drug-likeness (QED) is 0.880. The molecule has 1 aromatic heterocycles. The Labute approximate surface area is 101 Å². The molecular weight excluding hydrogens is 220 g/mol. The van der Waals surface area contributed by atoms with Gasteiger partial charge in [-0.2, -0.15) is 0 Å². The van der Waals surface area contributed by atoms with Gasteiger partial charge in [-0.05, 0) is 12.3 Å². The van der Waals surface area contributed by atoms with Crippen LogP contribution in [0.25, 0.3) is 0 Å². The van der Waals surface area contributed by atoms with Gasteiger partial charge in [0.25, 0.3) is 0 Å². The number of hydrogen-bond acceptors (Lipinski definition) is 4. The van der Waals surface area contributed by atoms with E-state index in [2.05, 4.69) is 24.2 Å². The van der Waals surface area contributed by atoms with Crippen molar-refractivity contribution in [1.82, 2.24) is 4.98 Å². The van der Waals surface area contributed by atoms with Crippen LogP contribution < -0.4 is 5.73 Å². The first kappa shape index (κ1) is 12.0. The van der Waals surface area contributed by atoms with Crippen LogP contribution >= 0.6 is 11.3 Å². The van der Waals surface area contributed by atoms with Crippen LogP contribution in [0.5, 0.6) is 0 Å². The number of ether oxygens (including phenoxy) is 1. The first-order chi connectivity index (χ1) is 7.72. The molecule has 2 heterocycles. The molecular formula is C12H20N2OS. The Morgan fingerprint density at radius 2 is 2.50 bits per heavy atom. The summed E-state index contributed by atoms with van der Waals surface area (Å²) in [6.45, 7) is 6.05. The number of aromatic nitrogens is 1. The summed E-state index contributed by atoms with van der Waals surface area (Å²) < 4.78 is 5.39. The van der Waals surface area contributed by atoms with E-state index in [1.165, 1.54) is 5.01 Å². The Morgan fingerprint density at radius 3 is 3.12 bits per heavy atom. The number of thiazole rings is 1. The lowest BCUT2D eigenvalue weighted by Crippen LogP contribution is -2.19. The topological polar surface area (TPSA) is 48.1 Å². The molecule has 0 radical (unpaired) electrons. The minimum absolute atomic E-state index is 0.0809. The molecule has 3 unspecified atom stereocenters. The Morgan fingerprint density at radius 1 is 1.69 bits per heavy atom. The normalized spacial score (nSPS) is 24.6. The van der Waals surface area contributed by atoms with Crippen molar-refractivity contribution in [3.63, 3.8) is 0 Å². The minimum atomic E-state index is 0.0809. The van der Waals surface area contributed by atoms with Crippen LogP contribution in [-0.2, 0) is 4.74 Å². The average molecular weight is 240 g/mol. The van der Waals surface area contributed by atoms with Gasteiger partial charge in [-0.3, -0.25) is 0 Å². The van der Waals surface area contributed by atoms with Crippen molar-refractivity contribution >= 4 is 11.3 Å². The number of nitrogens with two attached hydrogens (primary N) is 1. The summed E-state index contributed by atoms with van der Waals surface area (Å²) in [7, 11) is 0. The standard InChI is InChI=1S/C12H20N2OS/c1-3-8(2)11(13)10-7-16-12(14-10)9-4-5-15-6-9/h7-9,11H,3-6,13H2,1-2H3. The zero-order valence-corrected chi connectivity index (χ0v) is 10.8. The maximum atomic E-state index is 6.17. The highest BCUT2D eigenvalue weighted by molar-refractivity contribution is 7.09. The summed E-state index contributed by atoms with van der Waals surface area (Å²) in [4.78, 5) is 4.67. The van der Waals surface area contributed by atoms with E-state index >= 15 is 0 Å². The van der Waals surface area contributed by atoms with Gasteiger partial charge < -0.3 is 10.5 Å². The molecule has 1 aliphatic rings. The lowest BCUT2D eigenvalue weighted by Gasteiger charge is -2.15. The van der Waals surface area contributed by atoms with Gasteiger partial charge in [0, 0.05) is 17.9 Å². The Kier molecular flexibility index (Phi) is 3.95. The van der Waals surface area contributed by atoms with Gasteiger partial charge in [0.15, 0.2) is 0 Å². The summed E-state index contributed by atoms with van der Waals surface area (Å²) in [6, 6.07) is 0.0809. The van der Waals surface area contributed by atoms with Crippen LogP contribution in [0.2, 0.25) is 0 Å². The van der Waals surface area contributed by atoms with Gasteiger partial charge in [-0.1, -0.05) is 20.3 Å². The molecule has 1 saturated heterocycles. The van der Waals surface area contributed by atoms with E-state index in [1.807, 2.05) is 0 Å². The molecule has 3 atom stereocenters. The van der Waals surface area contributed by atoms with Crippen LogP contribution in [0.1, 0.15) is 49.4 Å². The molecule has 1 fully saturated rings. The molecule has 16 heavy (non-hydrogen) atoms. The molecule has 2 N–H and O–H groups in total. The van der Waals surface area contributed by atoms with Crippen molar-refractivity contribution in [3.05, 3.63) is 16.1 Å². The Balaban J connectivity index is 2.06. The monoisotopic (exact) mass is 240 g/mol. The second-order valence-corrected chi connectivity index (χ2v) is 5.47. The van der Waals surface area contributed by atoms with Crippen LogP contribution in [0, 0.1) is 5.92 Å². The van der Waals surface area contributed by atoms with E-state index in [1.54, 1.807) is 11.3 Å². The van der Waals surface area contributed by atoms with Crippen molar-refractivity contribution in [3.8, 4) is 0 Å². The van der Waals surface area contributed by atoms with Crippen molar-refractivity contribution in [2.75, 3.05) is 13.2 Å². The number of hydrogen-bond donors (Lipinski definition) is 1. The predicted molar refractivity (Wildman–Crippen MR) is 66.7 cm³/mol. The summed E-state index contributed by atoms with van der Waals surface area (Å²) in [5, 5.41) is 3.32. The summed E-state index contributed by atoms with van der Waals surface area (Å²) in [6.07, 6.45) is 2.20. The van der Waals surface area contributed by atoms with Gasteiger partial charge in [-0.25, -0.2) is 4.98 Å². The fourth-order valence-electron chi connectivity index (χ4n) is 1.92. The minimum Gasteiger partial charge on any atom is -0.381 e. The molecule has 0 spiro atoms. The van der Waals surface area contributed by atoms with E-state index in [0.29, 0.717) is 11.8 Å². The molecule has 0 bridgehead atoms. The van der Waals surface area contributed by atoms with Crippen LogP contribution in [0.4, 0.5) is 0 Å². The maximum absolute atomic E-state index is 6.17. The van der Waals surface area contributed by atoms with Gasteiger partial charge >= 0.3 is 0 Å². The third kappa shape index (κ3) is 2.44. The molecule has 2 rings (SSSR count). The Hall–Kier alpha value is -0.450. The molecule has 0 amide bonds. The van der Waals surface area contributed by atoms with Crippen molar-refractivity contribution in [2.24, 2.45) is 11.7 Å². The average Bonchev–Trinajstić information content (AvgIpc) is 2.96. The molecule has 90 valence electrons. The van der Waals surface area contributed by atoms with E-state index in [4.69, 9.17) is 10.5 Å². The highest BCUT2D eigenvalue weighted by atomic mass is 32.1. The molecule has 1 aliphatic heterocycles. The second kappa shape index (κ2) is 5.25. The fraction of sp³-hybridized carbons (Fsp3) is 0.750. The van der Waals surface area contributed by atoms with E-state index in [0.717, 1.165) is 31.7 Å². The zero-order valence-electron chi connectivity index (χ0n) is 9.98. The number of nitrogens with zero attached hydrogens (tertiary/aromatic N) is 1. The number of rotatable bonds is 4. The van der Waals surface area contributed by atoms with Gasteiger partial charge in [0.1, 0.15) is 0 Å². The largest absolute Gasteiger partial charge is 0.381 e. The third-order valence-corrected chi connectivity index (χ3v) is 4.44. The summed E-state index contributed by atoms with van der Waals surface area (Å²) in [5.74, 6) is 0.998. The highest BCUT2D eigenvalue weighted by Crippen LogP contribution is 2.30. The zero-order chi connectivity index (χ0) is 11.5. The predicted octanol–water partition coefficient (Wildman–Crippen LogP) is 2.69. The van der Waals surface area contributed by atoms with E-state index in [-0.39, 0.29) is 6.04 Å². The van der Waals surface area contributed by atoms with Crippen LogP contribution in [0.15, 0.2) is 5.38 Å². The SMILES string of the molecule is CCC(C)C(N)c1csc(C2CCOC2)n1. The van der Waals surface area contributed by atoms with Gasteiger partial charge in [0.2, 0.25) is 0 Å². The van der Waals surface area contributed by atoms with Gasteiger partial charge in [0.05, 0.1) is 23.4 Å². The van der Waals surface area contributed by atoms with Crippen molar-refractivity contribution in [2.45, 2.75) is 38.6 Å². The first-order valence-corrected chi connectivity index (χ1v) is 6.89. The smallest absolute Gasteiger partial charge is 0.0983 e. The molecule has 0 aromatic carbocycles.